The van der Waals surface area contributed by atoms with Crippen LogP contribution in [0.5, 0.6) is 5.88 Å². The average Bonchev–Trinajstić information content (AvgIpc) is 2.38. The second kappa shape index (κ2) is 4.83. The molecule has 0 radical (unpaired) electrons. The number of alkyl halides is 3. The van der Waals surface area contributed by atoms with Crippen molar-refractivity contribution in [2.45, 2.75) is 13.1 Å². The molecule has 2 aromatic rings. The molecule has 4 nitrogen and oxygen atoms in total. The Morgan fingerprint density at radius 2 is 1.84 bits per heavy atom. The van der Waals surface area contributed by atoms with E-state index in [1.54, 1.807) is 18.3 Å². The van der Waals surface area contributed by atoms with Gasteiger partial charge in [0.1, 0.15) is 11.3 Å². The van der Waals surface area contributed by atoms with Crippen molar-refractivity contribution in [2.75, 3.05) is 7.11 Å². The smallest absolute Gasteiger partial charge is 0.423 e. The quantitative estimate of drug-likeness (QED) is 0.841. The van der Waals surface area contributed by atoms with Gasteiger partial charge in [-0.15, -0.1) is 0 Å². The van der Waals surface area contributed by atoms with Gasteiger partial charge in [-0.05, 0) is 18.6 Å². The Morgan fingerprint density at radius 1 is 1.11 bits per heavy atom. The number of hydrogen-bond donors (Lipinski definition) is 0. The van der Waals surface area contributed by atoms with Gasteiger partial charge in [0.05, 0.1) is 7.11 Å². The summed E-state index contributed by atoms with van der Waals surface area (Å²) in [5.41, 5.74) is 0.311. The number of pyridine rings is 1. The number of aromatic nitrogens is 3. The topological polar surface area (TPSA) is 47.9 Å². The lowest BCUT2D eigenvalue weighted by Gasteiger charge is -2.11. The molecule has 0 atom stereocenters. The third kappa shape index (κ3) is 2.81. The first kappa shape index (κ1) is 13.3. The van der Waals surface area contributed by atoms with Gasteiger partial charge in [-0.2, -0.15) is 18.2 Å². The van der Waals surface area contributed by atoms with E-state index in [0.717, 1.165) is 12.7 Å². The second-order valence-corrected chi connectivity index (χ2v) is 3.84. The predicted molar refractivity (Wildman–Crippen MR) is 61.6 cm³/mol. The van der Waals surface area contributed by atoms with Crippen molar-refractivity contribution < 1.29 is 17.9 Å². The maximum Gasteiger partial charge on any atom is 0.423 e. The maximum atomic E-state index is 12.6. The van der Waals surface area contributed by atoms with Crippen molar-refractivity contribution in [2.24, 2.45) is 0 Å². The van der Waals surface area contributed by atoms with Crippen LogP contribution in [0, 0.1) is 6.92 Å². The number of nitrogens with zero attached hydrogens (tertiary/aromatic N) is 3. The molecule has 0 amide bonds. The van der Waals surface area contributed by atoms with Crippen molar-refractivity contribution in [3.05, 3.63) is 35.7 Å². The maximum absolute atomic E-state index is 12.6. The lowest BCUT2D eigenvalue weighted by molar-refractivity contribution is -0.139. The molecule has 0 aliphatic rings. The van der Waals surface area contributed by atoms with Crippen LogP contribution in [0.4, 0.5) is 13.2 Å². The Hall–Kier alpha value is -2.18. The minimum atomic E-state index is -4.55. The monoisotopic (exact) mass is 269 g/mol. The number of aryl methyl sites for hydroxylation is 1. The molecule has 7 heteroatoms. The van der Waals surface area contributed by atoms with Crippen molar-refractivity contribution in [3.63, 3.8) is 0 Å². The fraction of sp³-hybridized carbons (Fsp3) is 0.250. The van der Waals surface area contributed by atoms with Crippen LogP contribution in [-0.2, 0) is 6.18 Å². The lowest BCUT2D eigenvalue weighted by Crippen LogP contribution is -2.10. The molecule has 0 saturated carbocycles. The Morgan fingerprint density at radius 3 is 2.37 bits per heavy atom. The molecule has 0 unspecified atom stereocenters. The van der Waals surface area contributed by atoms with Gasteiger partial charge in [0.15, 0.2) is 5.82 Å². The first-order valence-electron chi connectivity index (χ1n) is 5.33. The third-order valence-corrected chi connectivity index (χ3v) is 2.39. The van der Waals surface area contributed by atoms with E-state index in [1.165, 1.54) is 0 Å². The molecule has 0 fully saturated rings. The largest absolute Gasteiger partial charge is 0.480 e. The molecule has 100 valence electrons. The zero-order valence-corrected chi connectivity index (χ0v) is 10.2. The number of hydrogen-bond acceptors (Lipinski definition) is 4. The van der Waals surface area contributed by atoms with Crippen molar-refractivity contribution in [1.29, 1.82) is 0 Å². The van der Waals surface area contributed by atoms with Crippen LogP contribution in [0.3, 0.4) is 0 Å². The number of methoxy groups -OCH3 is 1. The van der Waals surface area contributed by atoms with E-state index >= 15 is 0 Å². The standard InChI is InChI=1S/C12H10F3N3O/c1-7-3-4-9(16-5-7)10-17-6-8(12(13,14)15)11(18-10)19-2/h3-6H,1-2H3. The minimum Gasteiger partial charge on any atom is -0.480 e. The van der Waals surface area contributed by atoms with Gasteiger partial charge in [0.25, 0.3) is 0 Å². The lowest BCUT2D eigenvalue weighted by atomic mass is 10.2. The molecule has 0 spiro atoms. The average molecular weight is 269 g/mol. The highest BCUT2D eigenvalue weighted by molar-refractivity contribution is 5.50. The molecular weight excluding hydrogens is 259 g/mol. The molecule has 0 N–H and O–H groups in total. The van der Waals surface area contributed by atoms with Gasteiger partial charge < -0.3 is 4.74 Å². The molecule has 0 saturated heterocycles. The van der Waals surface area contributed by atoms with E-state index in [1.807, 2.05) is 6.92 Å². The van der Waals surface area contributed by atoms with E-state index in [-0.39, 0.29) is 5.82 Å². The summed E-state index contributed by atoms with van der Waals surface area (Å²) in [6.07, 6.45) is -2.27. The zero-order valence-electron chi connectivity index (χ0n) is 10.2. The Kier molecular flexibility index (Phi) is 3.37. The first-order chi connectivity index (χ1) is 8.91. The summed E-state index contributed by atoms with van der Waals surface area (Å²) < 4.78 is 42.6. The number of ether oxygens (including phenoxy) is 1. The van der Waals surface area contributed by atoms with Crippen molar-refractivity contribution in [3.8, 4) is 17.4 Å². The molecule has 0 aliphatic heterocycles. The fourth-order valence-corrected chi connectivity index (χ4v) is 1.44. The van der Waals surface area contributed by atoms with Crippen LogP contribution in [0.2, 0.25) is 0 Å². The molecule has 0 bridgehead atoms. The van der Waals surface area contributed by atoms with Crippen molar-refractivity contribution >= 4 is 0 Å². The summed E-state index contributed by atoms with van der Waals surface area (Å²) in [7, 11) is 1.13. The van der Waals surface area contributed by atoms with Gasteiger partial charge in [0.2, 0.25) is 5.88 Å². The summed E-state index contributed by atoms with van der Waals surface area (Å²) in [5, 5.41) is 0. The molecular formula is C12H10F3N3O. The molecule has 0 aromatic carbocycles. The zero-order chi connectivity index (χ0) is 14.0. The summed E-state index contributed by atoms with van der Waals surface area (Å²) in [6, 6.07) is 3.41. The second-order valence-electron chi connectivity index (χ2n) is 3.84. The minimum absolute atomic E-state index is 0.0878. The highest BCUT2D eigenvalue weighted by Crippen LogP contribution is 2.35. The summed E-state index contributed by atoms with van der Waals surface area (Å²) >= 11 is 0. The molecule has 2 rings (SSSR count). The van der Waals surface area contributed by atoms with Crippen molar-refractivity contribution in [1.82, 2.24) is 15.0 Å². The van der Waals surface area contributed by atoms with Crippen LogP contribution in [0.25, 0.3) is 11.5 Å². The Bertz CT molecular complexity index is 582. The normalized spacial score (nSPS) is 11.4. The van der Waals surface area contributed by atoms with Gasteiger partial charge in [0, 0.05) is 12.4 Å². The summed E-state index contributed by atoms with van der Waals surface area (Å²) in [6.45, 7) is 1.85. The van der Waals surface area contributed by atoms with Crippen LogP contribution in [0.15, 0.2) is 24.5 Å². The SMILES string of the molecule is COc1nc(-c2ccc(C)cn2)ncc1C(F)(F)F. The van der Waals surface area contributed by atoms with Crippen LogP contribution in [0.1, 0.15) is 11.1 Å². The predicted octanol–water partition coefficient (Wildman–Crippen LogP) is 2.87. The molecule has 19 heavy (non-hydrogen) atoms. The summed E-state index contributed by atoms with van der Waals surface area (Å²) in [5.74, 6) is -0.426. The van der Waals surface area contributed by atoms with E-state index < -0.39 is 17.6 Å². The van der Waals surface area contributed by atoms with Crippen LogP contribution >= 0.6 is 0 Å². The first-order valence-corrected chi connectivity index (χ1v) is 5.33. The number of halogens is 3. The van der Waals surface area contributed by atoms with Gasteiger partial charge in [-0.3, -0.25) is 4.98 Å². The molecule has 0 aliphatic carbocycles. The van der Waals surface area contributed by atoms with Gasteiger partial charge >= 0.3 is 6.18 Å². The Balaban J connectivity index is 2.47. The van der Waals surface area contributed by atoms with E-state index in [4.69, 9.17) is 0 Å². The van der Waals surface area contributed by atoms with E-state index in [2.05, 4.69) is 19.7 Å². The number of rotatable bonds is 2. The van der Waals surface area contributed by atoms with Gasteiger partial charge in [-0.1, -0.05) is 6.07 Å². The Labute approximate surface area is 107 Å². The summed E-state index contributed by atoms with van der Waals surface area (Å²) in [4.78, 5) is 11.5. The van der Waals surface area contributed by atoms with Crippen LogP contribution < -0.4 is 4.74 Å². The highest BCUT2D eigenvalue weighted by atomic mass is 19.4. The molecule has 2 heterocycles. The van der Waals surface area contributed by atoms with Gasteiger partial charge in [-0.25, -0.2) is 4.98 Å². The van der Waals surface area contributed by atoms with Crippen LogP contribution in [-0.4, -0.2) is 22.1 Å². The third-order valence-electron chi connectivity index (χ3n) is 2.39. The van der Waals surface area contributed by atoms with E-state index in [0.29, 0.717) is 11.9 Å². The fourth-order valence-electron chi connectivity index (χ4n) is 1.44. The van der Waals surface area contributed by atoms with E-state index in [9.17, 15) is 13.2 Å². The highest BCUT2D eigenvalue weighted by Gasteiger charge is 2.36. The molecule has 2 aromatic heterocycles.